The van der Waals surface area contributed by atoms with Gasteiger partial charge in [-0.3, -0.25) is 29.3 Å². The summed E-state index contributed by atoms with van der Waals surface area (Å²) in [5.74, 6) is -4.92. The lowest BCUT2D eigenvalue weighted by molar-refractivity contribution is -0.223. The molecule has 6 aromatic rings. The van der Waals surface area contributed by atoms with E-state index in [2.05, 4.69) is 41.3 Å². The van der Waals surface area contributed by atoms with E-state index in [4.69, 9.17) is 37.4 Å². The molecule has 0 bridgehead atoms. The third-order valence-corrected chi connectivity index (χ3v) is 14.0. The third kappa shape index (κ3) is 10.7. The maximum absolute atomic E-state index is 14.6. The third-order valence-electron chi connectivity index (χ3n) is 13.4. The number of benzene rings is 3. The van der Waals surface area contributed by atoms with Crippen LogP contribution >= 0.6 is 23.2 Å². The maximum Gasteiger partial charge on any atom is 0.418 e. The van der Waals surface area contributed by atoms with Crippen LogP contribution in [0.5, 0.6) is 5.75 Å². The number of aromatic nitrogens is 7. The van der Waals surface area contributed by atoms with E-state index in [-0.39, 0.29) is 53.0 Å². The summed E-state index contributed by atoms with van der Waals surface area (Å²) < 4.78 is 92.8. The molecule has 6 atom stereocenters. The molecule has 10 rings (SSSR count). The number of halogens is 7. The number of aryl methyl sites for hydroxylation is 1. The molecule has 1 unspecified atom stereocenters. The number of alkyl halides is 3. The first kappa shape index (κ1) is 52.9. The molecule has 5 N–H and O–H groups in total. The van der Waals surface area contributed by atoms with Crippen molar-refractivity contribution < 1.29 is 70.3 Å². The van der Waals surface area contributed by atoms with E-state index in [1.54, 1.807) is 18.2 Å². The van der Waals surface area contributed by atoms with Crippen molar-refractivity contribution in [2.45, 2.75) is 94.0 Å². The summed E-state index contributed by atoms with van der Waals surface area (Å²) in [6, 6.07) is 9.58. The molecule has 3 fully saturated rings. The van der Waals surface area contributed by atoms with E-state index in [9.17, 15) is 56.1 Å². The largest absolute Gasteiger partial charge is 0.489 e. The van der Waals surface area contributed by atoms with Crippen molar-refractivity contribution in [2.24, 2.45) is 0 Å². The Morgan fingerprint density at radius 1 is 1.03 bits per heavy atom. The van der Waals surface area contributed by atoms with Crippen LogP contribution in [0.4, 0.5) is 27.6 Å². The molecule has 77 heavy (non-hydrogen) atoms. The molecule has 6 heterocycles. The van der Waals surface area contributed by atoms with Gasteiger partial charge in [-0.1, -0.05) is 34.5 Å². The molecule has 4 aliphatic rings. The van der Waals surface area contributed by atoms with Gasteiger partial charge in [-0.25, -0.2) is 28.1 Å². The van der Waals surface area contributed by atoms with E-state index < -0.39 is 125 Å². The highest BCUT2D eigenvalue weighted by molar-refractivity contribution is 6.31. The molecule has 2 saturated heterocycles. The smallest absolute Gasteiger partial charge is 0.418 e. The number of nitrogens with one attached hydrogen (secondary N) is 3. The molecule has 3 aromatic heterocycles. The summed E-state index contributed by atoms with van der Waals surface area (Å²) in [5.41, 5.74) is -0.768. The van der Waals surface area contributed by atoms with Crippen LogP contribution in [0, 0.1) is 18.6 Å². The summed E-state index contributed by atoms with van der Waals surface area (Å²) in [4.78, 5) is 74.4. The van der Waals surface area contributed by atoms with Gasteiger partial charge in [0.05, 0.1) is 30.3 Å². The van der Waals surface area contributed by atoms with Crippen LogP contribution in [0.15, 0.2) is 73.1 Å². The first-order valence-corrected chi connectivity index (χ1v) is 24.4. The number of nitrogens with zero attached hydrogens (tertiary/aromatic N) is 8. The van der Waals surface area contributed by atoms with Crippen molar-refractivity contribution in [1.29, 1.82) is 0 Å². The average molecular weight is 1110 g/mol. The number of aliphatic hydroxyl groups excluding tert-OH is 2. The monoisotopic (exact) mass is 1110 g/mol. The first-order chi connectivity index (χ1) is 36.7. The average Bonchev–Trinajstić information content (AvgIpc) is 4.15. The van der Waals surface area contributed by atoms with Crippen LogP contribution < -0.4 is 20.7 Å². The van der Waals surface area contributed by atoms with E-state index in [1.165, 1.54) is 36.4 Å². The van der Waals surface area contributed by atoms with E-state index in [1.807, 2.05) is 0 Å². The van der Waals surface area contributed by atoms with Gasteiger partial charge in [-0.15, -0.1) is 5.10 Å². The van der Waals surface area contributed by atoms with Crippen LogP contribution in [-0.2, 0) is 36.6 Å². The predicted molar refractivity (Wildman–Crippen MR) is 256 cm³/mol. The molecular weight excluding hydrogens is 1070 g/mol. The summed E-state index contributed by atoms with van der Waals surface area (Å²) in [7, 11) is 0. The summed E-state index contributed by atoms with van der Waals surface area (Å²) in [6.07, 6.45) is -8.34. The Morgan fingerprint density at radius 2 is 1.79 bits per heavy atom. The second-order valence-electron chi connectivity index (χ2n) is 18.5. The highest BCUT2D eigenvalue weighted by Crippen LogP contribution is 2.43. The molecule has 1 saturated carbocycles. The molecule has 1 aliphatic carbocycles. The number of hydrogen-bond donors (Lipinski definition) is 5. The van der Waals surface area contributed by atoms with Gasteiger partial charge in [-0.05, 0) is 67.9 Å². The van der Waals surface area contributed by atoms with Crippen LogP contribution in [-0.4, -0.2) is 129 Å². The van der Waals surface area contributed by atoms with Crippen molar-refractivity contribution in [3.8, 4) is 22.7 Å². The highest BCUT2D eigenvalue weighted by Gasteiger charge is 2.51. The van der Waals surface area contributed by atoms with Gasteiger partial charge in [0.15, 0.2) is 5.82 Å². The number of amides is 5. The fourth-order valence-electron chi connectivity index (χ4n) is 9.65. The summed E-state index contributed by atoms with van der Waals surface area (Å²) in [5, 5.41) is 41.5. The zero-order chi connectivity index (χ0) is 54.6. The molecular formula is C49H42Cl2F5N11O10. The van der Waals surface area contributed by atoms with Gasteiger partial charge < -0.3 is 40.0 Å². The van der Waals surface area contributed by atoms with E-state index in [0.717, 1.165) is 39.7 Å². The molecule has 402 valence electrons. The van der Waals surface area contributed by atoms with Gasteiger partial charge in [-0.2, -0.15) is 18.3 Å². The number of hydrogen-bond acceptors (Lipinski definition) is 15. The Kier molecular flexibility index (Phi) is 14.5. The summed E-state index contributed by atoms with van der Waals surface area (Å²) >= 11 is 11.9. The number of ether oxygens (including phenoxy) is 3. The minimum absolute atomic E-state index is 0.0229. The zero-order valence-electron chi connectivity index (χ0n) is 39.9. The Morgan fingerprint density at radius 3 is 2.49 bits per heavy atom. The second-order valence-corrected chi connectivity index (χ2v) is 19.3. The Balaban J connectivity index is 0.816. The van der Waals surface area contributed by atoms with Gasteiger partial charge in [0, 0.05) is 59.2 Å². The Labute approximate surface area is 441 Å². The quantitative estimate of drug-likeness (QED) is 0.0546. The number of carbonyl (C=O) groups is 5. The number of pyridine rings is 1. The molecule has 5 amide bonds. The lowest BCUT2D eigenvalue weighted by Gasteiger charge is -2.43. The first-order valence-electron chi connectivity index (χ1n) is 23.7. The molecule has 0 radical (unpaired) electrons. The second kappa shape index (κ2) is 21.1. The lowest BCUT2D eigenvalue weighted by Crippen LogP contribution is -2.55. The van der Waals surface area contributed by atoms with Crippen molar-refractivity contribution in [3.63, 3.8) is 0 Å². The SMILES string of the molecule is Cc1nc([C@@H]2O[C@H](CO)[C@H](O)[C@H](n3cc(-c4cc(F)c(Cl)c(F)c4)nn3)[C@H]2OCC(=O)N[C@H]2C[C@@H](Oc3ccc(C(=O)Nc4cccc5c4CN(C4CCC(=O)NC4=O)C5=O)nc3)C2)n(-c2cc(Cl)ccc2C(F)(F)F)n1. The van der Waals surface area contributed by atoms with Crippen LogP contribution in [0.3, 0.4) is 0 Å². The van der Waals surface area contributed by atoms with Gasteiger partial charge in [0.2, 0.25) is 17.7 Å². The number of rotatable bonds is 14. The van der Waals surface area contributed by atoms with Crippen molar-refractivity contribution in [1.82, 2.24) is 50.3 Å². The fraction of sp³-hybridized carbons (Fsp3) is 0.347. The molecule has 3 aromatic carbocycles. The van der Waals surface area contributed by atoms with Crippen LogP contribution in [0.1, 0.15) is 81.5 Å². The number of anilines is 1. The highest BCUT2D eigenvalue weighted by atomic mass is 35.5. The Bertz CT molecular complexity index is 3300. The normalized spacial score (nSPS) is 23.3. The molecule has 3 aliphatic heterocycles. The van der Waals surface area contributed by atoms with Crippen LogP contribution in [0.25, 0.3) is 16.9 Å². The zero-order valence-corrected chi connectivity index (χ0v) is 41.4. The Hall–Kier alpha value is -7.49. The molecule has 28 heteroatoms. The van der Waals surface area contributed by atoms with Crippen molar-refractivity contribution in [2.75, 3.05) is 18.5 Å². The molecule has 21 nitrogen and oxygen atoms in total. The van der Waals surface area contributed by atoms with Gasteiger partial charge in [0.1, 0.15) is 88.8 Å². The minimum atomic E-state index is -4.92. The maximum atomic E-state index is 14.6. The minimum Gasteiger partial charge on any atom is -0.489 e. The number of fused-ring (bicyclic) bond motifs is 1. The number of imide groups is 1. The fourth-order valence-corrected chi connectivity index (χ4v) is 9.92. The van der Waals surface area contributed by atoms with Gasteiger partial charge >= 0.3 is 6.18 Å². The summed E-state index contributed by atoms with van der Waals surface area (Å²) in [6.45, 7) is -0.176. The van der Waals surface area contributed by atoms with Crippen molar-refractivity contribution in [3.05, 3.63) is 129 Å². The number of aliphatic hydroxyl groups is 2. The standard InChI is InChI=1S/C49H42Cl2F5N11O10/c1-21-58-45(67(63-21)36-13-23(50)5-7-29(36)49(54,55)56)44-43(41(42(71)37(19-68)77-44)66-18-34(62-64-66)22-11-30(52)40(51)31(53)12-22)75-20-39(70)59-24-14-26(15-24)76-25-6-8-33(57-16-25)46(72)60-32-4-2-3-27-28(32)17-65(48(27)74)35-9-10-38(69)61-47(35)73/h2-8,11-13,16,18,24,26,35,37,41-44,68,71H,9-10,14-15,17,19-20H2,1H3,(H,59,70)(H,60,72)(H,61,69,73)/t24-,26+,35?,37-,41+,42+,43-,44-/m1/s1. The number of carbonyl (C=O) groups excluding carboxylic acids is 5. The van der Waals surface area contributed by atoms with E-state index >= 15 is 0 Å². The predicted octanol–water partition coefficient (Wildman–Crippen LogP) is 4.99. The van der Waals surface area contributed by atoms with Crippen LogP contribution in [0.2, 0.25) is 10.0 Å². The van der Waals surface area contributed by atoms with Gasteiger partial charge in [0.25, 0.3) is 11.8 Å². The van der Waals surface area contributed by atoms with Crippen molar-refractivity contribution >= 4 is 58.4 Å². The topological polar surface area (TPSA) is 267 Å². The van der Waals surface area contributed by atoms with E-state index in [0.29, 0.717) is 35.4 Å². The number of piperidine rings is 1. The lowest BCUT2D eigenvalue weighted by atomic mass is 9.89. The molecule has 0 spiro atoms.